The van der Waals surface area contributed by atoms with E-state index in [0.29, 0.717) is 25.1 Å². The van der Waals surface area contributed by atoms with Crippen molar-refractivity contribution in [1.82, 2.24) is 0 Å². The Kier molecular flexibility index (Phi) is 7.27. The molecule has 1 aliphatic heterocycles. The topological polar surface area (TPSA) is 88.0 Å². The highest BCUT2D eigenvalue weighted by atomic mass is 16.7. The SMILES string of the molecule is CCO[C@H]1OC(C(=O)Nc2ccccc2O)=C[C@@H](c2ccccc2)[C@H]1CCCO. The maximum absolute atomic E-state index is 12.9. The Morgan fingerprint density at radius 3 is 2.55 bits per heavy atom. The summed E-state index contributed by atoms with van der Waals surface area (Å²) >= 11 is 0. The Morgan fingerprint density at radius 2 is 1.86 bits per heavy atom. The van der Waals surface area contributed by atoms with E-state index in [4.69, 9.17) is 9.47 Å². The number of carbonyl (C=O) groups excluding carboxylic acids is 1. The first-order valence-electron chi connectivity index (χ1n) is 9.89. The van der Waals surface area contributed by atoms with Gasteiger partial charge < -0.3 is 25.0 Å². The van der Waals surface area contributed by atoms with E-state index in [0.717, 1.165) is 5.56 Å². The summed E-state index contributed by atoms with van der Waals surface area (Å²) in [6.07, 6.45) is 2.52. The Bertz CT molecular complexity index is 836. The van der Waals surface area contributed by atoms with Gasteiger partial charge in [-0.15, -0.1) is 0 Å². The largest absolute Gasteiger partial charge is 0.506 e. The van der Waals surface area contributed by atoms with Crippen LogP contribution in [-0.2, 0) is 14.3 Å². The summed E-state index contributed by atoms with van der Waals surface area (Å²) in [5.41, 5.74) is 1.37. The molecule has 1 amide bonds. The maximum Gasteiger partial charge on any atom is 0.290 e. The molecule has 1 aliphatic rings. The van der Waals surface area contributed by atoms with Gasteiger partial charge in [0.25, 0.3) is 5.91 Å². The molecule has 0 unspecified atom stereocenters. The van der Waals surface area contributed by atoms with Crippen LogP contribution in [0.1, 0.15) is 31.2 Å². The minimum atomic E-state index is -0.605. The number of nitrogens with one attached hydrogen (secondary N) is 1. The highest BCUT2D eigenvalue weighted by Gasteiger charge is 2.37. The molecule has 154 valence electrons. The highest BCUT2D eigenvalue weighted by Crippen LogP contribution is 2.39. The van der Waals surface area contributed by atoms with E-state index in [9.17, 15) is 15.0 Å². The molecule has 0 saturated heterocycles. The quantitative estimate of drug-likeness (QED) is 0.590. The first kappa shape index (κ1) is 20.9. The number of allylic oxidation sites excluding steroid dienone is 1. The molecule has 2 aromatic carbocycles. The van der Waals surface area contributed by atoms with Crippen molar-refractivity contribution in [2.24, 2.45) is 5.92 Å². The summed E-state index contributed by atoms with van der Waals surface area (Å²) in [5, 5.41) is 21.9. The van der Waals surface area contributed by atoms with Crippen LogP contribution in [0.25, 0.3) is 0 Å². The summed E-state index contributed by atoms with van der Waals surface area (Å²) in [6.45, 7) is 2.40. The fraction of sp³-hybridized carbons (Fsp3) is 0.348. The van der Waals surface area contributed by atoms with Crippen LogP contribution in [0.4, 0.5) is 5.69 Å². The van der Waals surface area contributed by atoms with Crippen molar-refractivity contribution in [3.8, 4) is 5.75 Å². The molecule has 0 bridgehead atoms. The van der Waals surface area contributed by atoms with E-state index in [1.165, 1.54) is 6.07 Å². The molecular weight excluding hydrogens is 370 g/mol. The van der Waals surface area contributed by atoms with Crippen LogP contribution in [0.15, 0.2) is 66.4 Å². The van der Waals surface area contributed by atoms with Gasteiger partial charge in [-0.1, -0.05) is 42.5 Å². The van der Waals surface area contributed by atoms with Gasteiger partial charge in [0.15, 0.2) is 5.76 Å². The van der Waals surface area contributed by atoms with Crippen molar-refractivity contribution in [3.05, 3.63) is 72.0 Å². The third kappa shape index (κ3) is 5.16. The van der Waals surface area contributed by atoms with Gasteiger partial charge in [0.2, 0.25) is 6.29 Å². The van der Waals surface area contributed by atoms with Crippen LogP contribution in [0.3, 0.4) is 0 Å². The third-order valence-electron chi connectivity index (χ3n) is 4.97. The number of amides is 1. The van der Waals surface area contributed by atoms with Crippen LogP contribution in [0.2, 0.25) is 0 Å². The zero-order valence-electron chi connectivity index (χ0n) is 16.5. The summed E-state index contributed by atoms with van der Waals surface area (Å²) in [7, 11) is 0. The second kappa shape index (κ2) is 10.1. The van der Waals surface area contributed by atoms with Gasteiger partial charge in [0, 0.05) is 25.0 Å². The van der Waals surface area contributed by atoms with Crippen LogP contribution >= 0.6 is 0 Å². The van der Waals surface area contributed by atoms with Gasteiger partial charge in [0.05, 0.1) is 5.69 Å². The fourth-order valence-electron chi connectivity index (χ4n) is 3.58. The molecule has 29 heavy (non-hydrogen) atoms. The molecule has 0 aliphatic carbocycles. The van der Waals surface area contributed by atoms with Gasteiger partial charge in [-0.3, -0.25) is 4.79 Å². The molecule has 6 heteroatoms. The average Bonchev–Trinajstić information content (AvgIpc) is 2.74. The average molecular weight is 397 g/mol. The van der Waals surface area contributed by atoms with Crippen LogP contribution in [0.5, 0.6) is 5.75 Å². The monoisotopic (exact) mass is 397 g/mol. The van der Waals surface area contributed by atoms with Crippen molar-refractivity contribution in [2.45, 2.75) is 32.0 Å². The number of aliphatic hydroxyl groups is 1. The molecule has 0 fully saturated rings. The second-order valence-electron chi connectivity index (χ2n) is 6.91. The Balaban J connectivity index is 1.92. The molecule has 0 aromatic heterocycles. The number of hydrogen-bond donors (Lipinski definition) is 3. The standard InChI is InChI=1S/C23H27NO5/c1-2-28-23-17(11-8-14-25)18(16-9-4-3-5-10-16)15-21(29-23)22(27)24-19-12-6-7-13-20(19)26/h3-7,9-10,12-13,15,17-18,23,25-26H,2,8,11,14H2,1H3,(H,24,27)/t17-,18+,23+/m1/s1. The molecule has 0 radical (unpaired) electrons. The van der Waals surface area contributed by atoms with E-state index in [1.807, 2.05) is 43.3 Å². The van der Waals surface area contributed by atoms with Crippen molar-refractivity contribution in [1.29, 1.82) is 0 Å². The predicted octanol–water partition coefficient (Wildman–Crippen LogP) is 3.78. The van der Waals surface area contributed by atoms with Crippen molar-refractivity contribution in [3.63, 3.8) is 0 Å². The molecule has 0 saturated carbocycles. The van der Waals surface area contributed by atoms with Crippen molar-refractivity contribution < 1.29 is 24.5 Å². The lowest BCUT2D eigenvalue weighted by atomic mass is 9.80. The number of benzene rings is 2. The summed E-state index contributed by atoms with van der Waals surface area (Å²) in [4.78, 5) is 12.9. The van der Waals surface area contributed by atoms with Crippen LogP contribution in [0, 0.1) is 5.92 Å². The van der Waals surface area contributed by atoms with E-state index < -0.39 is 12.2 Å². The lowest BCUT2D eigenvalue weighted by molar-refractivity contribution is -0.165. The van der Waals surface area contributed by atoms with Gasteiger partial charge >= 0.3 is 0 Å². The number of hydrogen-bond acceptors (Lipinski definition) is 5. The first-order valence-corrected chi connectivity index (χ1v) is 9.89. The Morgan fingerprint density at radius 1 is 1.14 bits per heavy atom. The van der Waals surface area contributed by atoms with Gasteiger partial charge in [-0.2, -0.15) is 0 Å². The van der Waals surface area contributed by atoms with E-state index in [2.05, 4.69) is 5.32 Å². The van der Waals surface area contributed by atoms with E-state index in [-0.39, 0.29) is 30.0 Å². The van der Waals surface area contributed by atoms with Crippen molar-refractivity contribution in [2.75, 3.05) is 18.5 Å². The van der Waals surface area contributed by atoms with Gasteiger partial charge in [0.1, 0.15) is 5.75 Å². The molecule has 3 atom stereocenters. The van der Waals surface area contributed by atoms with Gasteiger partial charge in [-0.05, 0) is 43.5 Å². The molecule has 6 nitrogen and oxygen atoms in total. The fourth-order valence-corrected chi connectivity index (χ4v) is 3.58. The number of aromatic hydroxyl groups is 1. The number of ether oxygens (including phenoxy) is 2. The Hall–Kier alpha value is -2.83. The Labute approximate surface area is 170 Å². The van der Waals surface area contributed by atoms with Crippen LogP contribution < -0.4 is 5.32 Å². The zero-order chi connectivity index (χ0) is 20.6. The number of para-hydroxylation sites is 2. The molecule has 3 rings (SSSR count). The lowest BCUT2D eigenvalue weighted by Crippen LogP contribution is -2.37. The number of aliphatic hydroxyl groups excluding tert-OH is 1. The maximum atomic E-state index is 12.9. The van der Waals surface area contributed by atoms with Gasteiger partial charge in [-0.25, -0.2) is 0 Å². The zero-order valence-corrected chi connectivity index (χ0v) is 16.5. The summed E-state index contributed by atoms with van der Waals surface area (Å²) in [6, 6.07) is 16.4. The minimum Gasteiger partial charge on any atom is -0.506 e. The minimum absolute atomic E-state index is 0.0148. The van der Waals surface area contributed by atoms with E-state index in [1.54, 1.807) is 18.2 Å². The smallest absolute Gasteiger partial charge is 0.290 e. The number of phenolic OH excluding ortho intramolecular Hbond substituents is 1. The highest BCUT2D eigenvalue weighted by molar-refractivity contribution is 6.03. The molecular formula is C23H27NO5. The van der Waals surface area contributed by atoms with E-state index >= 15 is 0 Å². The molecule has 0 spiro atoms. The normalized spacial score (nSPS) is 21.2. The van der Waals surface area contributed by atoms with Crippen LogP contribution in [-0.4, -0.2) is 35.6 Å². The van der Waals surface area contributed by atoms with Crippen molar-refractivity contribution >= 4 is 11.6 Å². The molecule has 2 aromatic rings. The number of anilines is 1. The summed E-state index contributed by atoms with van der Waals surface area (Å²) < 4.78 is 11.8. The second-order valence-corrected chi connectivity index (χ2v) is 6.91. The molecule has 3 N–H and O–H groups in total. The first-order chi connectivity index (χ1) is 14.1. The number of carbonyl (C=O) groups is 1. The number of phenols is 1. The third-order valence-corrected chi connectivity index (χ3v) is 4.97. The number of rotatable bonds is 8. The summed E-state index contributed by atoms with van der Waals surface area (Å²) in [5.74, 6) is -0.443. The predicted molar refractivity (Wildman–Crippen MR) is 110 cm³/mol. The lowest BCUT2D eigenvalue weighted by Gasteiger charge is -2.37. The molecule has 1 heterocycles.